The van der Waals surface area contributed by atoms with Gasteiger partial charge in [0.1, 0.15) is 5.45 Å². The van der Waals surface area contributed by atoms with E-state index in [1.807, 2.05) is 0 Å². The van der Waals surface area contributed by atoms with Crippen LogP contribution in [0.25, 0.3) is 0 Å². The van der Waals surface area contributed by atoms with Gasteiger partial charge < -0.3 is 0 Å². The number of hydrogen-bond donors (Lipinski definition) is 0. The predicted molar refractivity (Wildman–Crippen MR) is 36.3 cm³/mol. The van der Waals surface area contributed by atoms with E-state index >= 15 is 0 Å². The van der Waals surface area contributed by atoms with Gasteiger partial charge in [-0.1, -0.05) is 0 Å². The molecule has 2 radical (unpaired) electrons. The van der Waals surface area contributed by atoms with Crippen molar-refractivity contribution in [3.63, 3.8) is 0 Å². The van der Waals surface area contributed by atoms with E-state index in [9.17, 15) is 0 Å². The number of rotatable bonds is 1. The second-order valence-electron chi connectivity index (χ2n) is 1.17. The van der Waals surface area contributed by atoms with E-state index in [0.717, 1.165) is 5.45 Å². The van der Waals surface area contributed by atoms with Crippen LogP contribution in [0.5, 0.6) is 0 Å². The first kappa shape index (κ1) is 5.91. The second kappa shape index (κ2) is 2.94. The molecule has 1 rings (SSSR count). The quantitative estimate of drug-likeness (QED) is 0.460. The lowest BCUT2D eigenvalue weighted by atomic mass is 10.7. The van der Waals surface area contributed by atoms with Crippen LogP contribution in [-0.2, 0) is 0 Å². The van der Waals surface area contributed by atoms with Crippen LogP contribution in [0.4, 0.5) is 0 Å². The van der Waals surface area contributed by atoms with Crippen LogP contribution in [0.2, 0.25) is 0 Å². The Kier molecular flexibility index (Phi) is 2.17. The molecule has 40 valence electrons. The molecule has 0 aromatic carbocycles. The zero-order chi connectivity index (χ0) is 5.82. The van der Waals surface area contributed by atoms with Crippen molar-refractivity contribution in [1.29, 1.82) is 0 Å². The van der Waals surface area contributed by atoms with Gasteiger partial charge in [-0.15, -0.1) is 15.3 Å². The summed E-state index contributed by atoms with van der Waals surface area (Å²) in [6.07, 6.45) is 3.47. The highest BCUT2D eigenvalue weighted by Gasteiger charge is 1.87. The molecule has 0 saturated carbocycles. The number of nitrogens with zero attached hydrogens (tertiary/aromatic N) is 2. The van der Waals surface area contributed by atoms with Crippen molar-refractivity contribution in [2.75, 3.05) is 0 Å². The number of hydrogen-bond acceptors (Lipinski definition) is 2. The van der Waals surface area contributed by atoms with Crippen molar-refractivity contribution in [2.45, 2.75) is 0 Å². The van der Waals surface area contributed by atoms with Gasteiger partial charge in [-0.2, -0.15) is 0 Å². The monoisotopic (exact) mass is 186 g/mol. The van der Waals surface area contributed by atoms with Crippen LogP contribution in [0, 0.1) is 0 Å². The molecule has 0 atom stereocenters. The summed E-state index contributed by atoms with van der Waals surface area (Å²) < 4.78 is 0. The Morgan fingerprint density at radius 3 is 2.38 bits per heavy atom. The van der Waals surface area contributed by atoms with Crippen LogP contribution in [0.15, 0.2) is 18.5 Å². The lowest BCUT2D eigenvalue weighted by molar-refractivity contribution is 1.24. The zero-order valence-corrected chi connectivity index (χ0v) is 6.59. The standard InChI is InChI=1S/C4H3BrN2Si/c5-8-4-6-2-1-3-7-4/h1-3H. The summed E-state index contributed by atoms with van der Waals surface area (Å²) in [6, 6.07) is 1.80. The third-order valence-electron chi connectivity index (χ3n) is 0.650. The molecule has 0 aliphatic rings. The molecule has 0 aliphatic heterocycles. The van der Waals surface area contributed by atoms with Crippen molar-refractivity contribution >= 4 is 28.9 Å². The molecule has 0 saturated heterocycles. The average Bonchev–Trinajstić information content (AvgIpc) is 1.90. The van der Waals surface area contributed by atoms with Crippen molar-refractivity contribution in [2.24, 2.45) is 0 Å². The predicted octanol–water partition coefficient (Wildman–Crippen LogP) is 0.116. The Balaban J connectivity index is 2.83. The van der Waals surface area contributed by atoms with Gasteiger partial charge in [0.2, 0.25) is 8.14 Å². The van der Waals surface area contributed by atoms with Gasteiger partial charge in [-0.25, -0.2) is 9.97 Å². The van der Waals surface area contributed by atoms with E-state index in [4.69, 9.17) is 0 Å². The smallest absolute Gasteiger partial charge is 0.228 e. The summed E-state index contributed by atoms with van der Waals surface area (Å²) in [7, 11) is 0.520. The van der Waals surface area contributed by atoms with Gasteiger partial charge in [0, 0.05) is 12.4 Å². The van der Waals surface area contributed by atoms with Gasteiger partial charge in [0.05, 0.1) is 0 Å². The molecule has 1 aromatic rings. The number of aromatic nitrogens is 2. The lowest BCUT2D eigenvalue weighted by Crippen LogP contribution is -2.16. The van der Waals surface area contributed by atoms with Crippen molar-refractivity contribution in [1.82, 2.24) is 9.97 Å². The summed E-state index contributed by atoms with van der Waals surface area (Å²) in [6.45, 7) is 0. The second-order valence-corrected chi connectivity index (χ2v) is 2.99. The van der Waals surface area contributed by atoms with Crippen LogP contribution >= 0.6 is 15.3 Å². The normalized spacial score (nSPS) is 9.12. The molecule has 0 aliphatic carbocycles. The SMILES string of the molecule is Br[Si]c1ncccn1. The molecule has 1 heterocycles. The van der Waals surface area contributed by atoms with E-state index < -0.39 is 0 Å². The molecule has 0 N–H and O–H groups in total. The highest BCUT2D eigenvalue weighted by atomic mass is 79.9. The van der Waals surface area contributed by atoms with Crippen LogP contribution in [-0.4, -0.2) is 18.1 Å². The van der Waals surface area contributed by atoms with E-state index in [1.54, 1.807) is 18.5 Å². The largest absolute Gasteiger partial charge is 0.246 e. The molecule has 1 aromatic heterocycles. The Labute approximate surface area is 57.8 Å². The maximum Gasteiger partial charge on any atom is 0.228 e. The molecular formula is C4H3BrN2Si. The zero-order valence-electron chi connectivity index (χ0n) is 4.00. The molecule has 4 heteroatoms. The van der Waals surface area contributed by atoms with E-state index in [-0.39, 0.29) is 0 Å². The third kappa shape index (κ3) is 1.38. The lowest BCUT2D eigenvalue weighted by Gasteiger charge is -1.85. The maximum atomic E-state index is 3.95. The third-order valence-corrected chi connectivity index (χ3v) is 2.14. The summed E-state index contributed by atoms with van der Waals surface area (Å²) in [5.41, 5.74) is 0.854. The Morgan fingerprint density at radius 2 is 2.00 bits per heavy atom. The fourth-order valence-corrected chi connectivity index (χ4v) is 1.21. The maximum absolute atomic E-state index is 3.95. The highest BCUT2D eigenvalue weighted by molar-refractivity contribution is 9.23. The Morgan fingerprint density at radius 1 is 1.38 bits per heavy atom. The van der Waals surface area contributed by atoms with Gasteiger partial charge in [0.15, 0.2) is 0 Å². The molecule has 0 fully saturated rings. The van der Waals surface area contributed by atoms with E-state index in [1.165, 1.54) is 0 Å². The van der Waals surface area contributed by atoms with Crippen molar-refractivity contribution in [3.8, 4) is 0 Å². The van der Waals surface area contributed by atoms with Crippen LogP contribution < -0.4 is 5.45 Å². The Hall–Kier alpha value is -0.223. The van der Waals surface area contributed by atoms with Gasteiger partial charge in [-0.05, 0) is 6.07 Å². The molecule has 0 spiro atoms. The molecule has 8 heavy (non-hydrogen) atoms. The molecule has 0 amide bonds. The average molecular weight is 187 g/mol. The van der Waals surface area contributed by atoms with Crippen LogP contribution in [0.3, 0.4) is 0 Å². The molecular weight excluding hydrogens is 184 g/mol. The molecule has 0 unspecified atom stereocenters. The number of halogens is 1. The van der Waals surface area contributed by atoms with Crippen molar-refractivity contribution in [3.05, 3.63) is 18.5 Å². The minimum atomic E-state index is 0.520. The Bertz CT molecular complexity index is 155. The highest BCUT2D eigenvalue weighted by Crippen LogP contribution is 1.72. The minimum Gasteiger partial charge on any atom is -0.246 e. The first-order valence-corrected chi connectivity index (χ1v) is 5.33. The van der Waals surface area contributed by atoms with E-state index in [2.05, 4.69) is 25.3 Å². The first-order chi connectivity index (χ1) is 3.93. The van der Waals surface area contributed by atoms with E-state index in [0.29, 0.717) is 8.14 Å². The summed E-state index contributed by atoms with van der Waals surface area (Å²) in [5.74, 6) is 0. The van der Waals surface area contributed by atoms with Gasteiger partial charge in [-0.3, -0.25) is 0 Å². The molecule has 2 nitrogen and oxygen atoms in total. The van der Waals surface area contributed by atoms with Gasteiger partial charge >= 0.3 is 0 Å². The summed E-state index contributed by atoms with van der Waals surface area (Å²) >= 11 is 3.26. The fourth-order valence-electron chi connectivity index (χ4n) is 0.348. The van der Waals surface area contributed by atoms with Crippen molar-refractivity contribution < 1.29 is 0 Å². The topological polar surface area (TPSA) is 25.8 Å². The summed E-state index contributed by atoms with van der Waals surface area (Å²) in [4.78, 5) is 7.90. The molecule has 0 bridgehead atoms. The minimum absolute atomic E-state index is 0.520. The fraction of sp³-hybridized carbons (Fsp3) is 0. The summed E-state index contributed by atoms with van der Waals surface area (Å²) in [5, 5.41) is 0. The first-order valence-electron chi connectivity index (χ1n) is 2.07. The van der Waals surface area contributed by atoms with Gasteiger partial charge in [0.25, 0.3) is 0 Å². The van der Waals surface area contributed by atoms with Crippen LogP contribution in [0.1, 0.15) is 0 Å².